The number of ether oxygens (including phenoxy) is 3. The van der Waals surface area contributed by atoms with Gasteiger partial charge in [0.15, 0.2) is 34.7 Å². The molecule has 0 saturated heterocycles. The van der Waals surface area contributed by atoms with Crippen LogP contribution in [0, 0.1) is 52.7 Å². The Kier molecular flexibility index (Phi) is 13.8. The summed E-state index contributed by atoms with van der Waals surface area (Å²) in [4.78, 5) is 0. The van der Waals surface area contributed by atoms with Crippen LogP contribution >= 0.6 is 0 Å². The van der Waals surface area contributed by atoms with Gasteiger partial charge in [-0.25, -0.2) is 13.2 Å². The third kappa shape index (κ3) is 9.10. The first kappa shape index (κ1) is 37.9. The van der Waals surface area contributed by atoms with Crippen molar-refractivity contribution in [1.29, 1.82) is 0 Å². The molecule has 2 aliphatic rings. The Hall–Kier alpha value is -3.36. The van der Waals surface area contributed by atoms with E-state index in [9.17, 15) is 17.6 Å². The molecule has 5 rings (SSSR count). The molecule has 9 heteroatoms. The van der Waals surface area contributed by atoms with Gasteiger partial charge in [0.05, 0.1) is 19.8 Å². The van der Waals surface area contributed by atoms with E-state index in [1.807, 2.05) is 6.92 Å². The van der Waals surface area contributed by atoms with Crippen molar-refractivity contribution in [1.82, 2.24) is 0 Å². The maximum atomic E-state index is 15.1. The number of hydrogen-bond acceptors (Lipinski definition) is 3. The van der Waals surface area contributed by atoms with Crippen molar-refractivity contribution < 1.29 is 40.6 Å². The molecular formula is C41H50F6O3. The average Bonchev–Trinajstić information content (AvgIpc) is 3.13. The van der Waals surface area contributed by atoms with Crippen LogP contribution in [0.2, 0.25) is 0 Å². The Balaban J connectivity index is 1.09. The highest BCUT2D eigenvalue weighted by molar-refractivity contribution is 5.67. The van der Waals surface area contributed by atoms with Gasteiger partial charge in [-0.15, -0.1) is 0 Å². The van der Waals surface area contributed by atoms with Gasteiger partial charge < -0.3 is 14.2 Å². The lowest BCUT2D eigenvalue weighted by Crippen LogP contribution is -2.27. The highest BCUT2D eigenvalue weighted by Gasteiger charge is 2.33. The van der Waals surface area contributed by atoms with E-state index in [0.29, 0.717) is 30.4 Å². The van der Waals surface area contributed by atoms with E-state index in [2.05, 4.69) is 6.92 Å². The maximum Gasteiger partial charge on any atom is 0.201 e. The molecule has 0 N–H and O–H groups in total. The number of unbranched alkanes of at least 4 members (excludes halogenated alkanes) is 4. The predicted molar refractivity (Wildman–Crippen MR) is 184 cm³/mol. The van der Waals surface area contributed by atoms with Crippen molar-refractivity contribution in [2.24, 2.45) is 17.8 Å². The quantitative estimate of drug-likeness (QED) is 0.110. The summed E-state index contributed by atoms with van der Waals surface area (Å²) >= 11 is 0. The van der Waals surface area contributed by atoms with Gasteiger partial charge in [0.2, 0.25) is 17.5 Å². The fourth-order valence-corrected chi connectivity index (χ4v) is 7.65. The third-order valence-electron chi connectivity index (χ3n) is 10.7. The molecule has 2 aliphatic carbocycles. The molecular weight excluding hydrogens is 654 g/mol. The summed E-state index contributed by atoms with van der Waals surface area (Å²) in [5.74, 6) is -6.06. The first-order valence-corrected chi connectivity index (χ1v) is 18.6. The second-order valence-electron chi connectivity index (χ2n) is 14.1. The lowest BCUT2D eigenvalue weighted by atomic mass is 9.68. The van der Waals surface area contributed by atoms with E-state index in [1.165, 1.54) is 24.3 Å². The van der Waals surface area contributed by atoms with Crippen LogP contribution in [0.4, 0.5) is 26.3 Å². The third-order valence-corrected chi connectivity index (χ3v) is 10.7. The molecule has 0 unspecified atom stereocenters. The van der Waals surface area contributed by atoms with Gasteiger partial charge >= 0.3 is 0 Å². The van der Waals surface area contributed by atoms with Gasteiger partial charge in [-0.3, -0.25) is 0 Å². The number of hydrogen-bond donors (Lipinski definition) is 0. The molecule has 3 aromatic rings. The van der Waals surface area contributed by atoms with E-state index in [1.54, 1.807) is 12.1 Å². The molecule has 0 aromatic heterocycles. The molecule has 3 nitrogen and oxygen atoms in total. The Morgan fingerprint density at radius 1 is 0.480 bits per heavy atom. The summed E-state index contributed by atoms with van der Waals surface area (Å²) in [6.07, 6.45) is 12.7. The van der Waals surface area contributed by atoms with E-state index in [0.717, 1.165) is 83.5 Å². The molecule has 0 spiro atoms. The Morgan fingerprint density at radius 2 is 0.960 bits per heavy atom. The van der Waals surface area contributed by atoms with Crippen LogP contribution < -0.4 is 14.2 Å². The molecule has 0 atom stereocenters. The minimum absolute atomic E-state index is 0.00846. The zero-order valence-corrected chi connectivity index (χ0v) is 29.3. The normalized spacial score (nSPS) is 20.9. The zero-order chi connectivity index (χ0) is 35.6. The zero-order valence-electron chi connectivity index (χ0n) is 29.3. The van der Waals surface area contributed by atoms with Crippen molar-refractivity contribution in [3.05, 3.63) is 76.9 Å². The minimum atomic E-state index is -1.30. The molecule has 0 radical (unpaired) electrons. The summed E-state index contributed by atoms with van der Waals surface area (Å²) in [6, 6.07) is 8.14. The second kappa shape index (κ2) is 18.2. The van der Waals surface area contributed by atoms with Gasteiger partial charge in [0.1, 0.15) is 0 Å². The van der Waals surface area contributed by atoms with Crippen LogP contribution in [0.15, 0.2) is 36.4 Å². The summed E-state index contributed by atoms with van der Waals surface area (Å²) in [5.41, 5.74) is -0.342. The Labute approximate surface area is 292 Å². The highest BCUT2D eigenvalue weighted by Crippen LogP contribution is 2.45. The van der Waals surface area contributed by atoms with Crippen LogP contribution in [-0.4, -0.2) is 19.8 Å². The summed E-state index contributed by atoms with van der Waals surface area (Å²) in [6.45, 7) is 4.91. The van der Waals surface area contributed by atoms with Gasteiger partial charge in [-0.2, -0.15) is 13.2 Å². The van der Waals surface area contributed by atoms with Crippen LogP contribution in [-0.2, 0) is 0 Å². The van der Waals surface area contributed by atoms with E-state index < -0.39 is 46.0 Å². The van der Waals surface area contributed by atoms with Gasteiger partial charge in [0, 0.05) is 11.1 Å². The van der Waals surface area contributed by atoms with E-state index in [4.69, 9.17) is 14.2 Å². The van der Waals surface area contributed by atoms with Crippen molar-refractivity contribution in [3.8, 4) is 28.4 Å². The van der Waals surface area contributed by atoms with Crippen LogP contribution in [0.25, 0.3) is 11.1 Å². The highest BCUT2D eigenvalue weighted by atomic mass is 19.2. The van der Waals surface area contributed by atoms with Crippen molar-refractivity contribution in [3.63, 3.8) is 0 Å². The monoisotopic (exact) mass is 704 g/mol. The SMILES string of the molecule is CCCCCCOc1ccc(-c2ccc(OCC3CCC(C4CCC(c5ccc(OCCCC)c(F)c5F)CC4)CC3)c(F)c2F)c(F)c1F. The lowest BCUT2D eigenvalue weighted by Gasteiger charge is -2.38. The molecule has 0 heterocycles. The van der Waals surface area contributed by atoms with E-state index >= 15 is 8.78 Å². The standard InChI is InChI=1S/C41H50F6O3/c1-3-5-7-8-24-49-34-21-18-31(37(43)40(34)46)32-19-22-35(41(47)38(32)44)50-25-26-9-11-27(12-10-26)28-13-15-29(16-14-28)30-17-20-33(39(45)36(30)42)48-23-6-4-2/h17-22,26-29H,3-16,23-25H2,1-2H3. The summed E-state index contributed by atoms with van der Waals surface area (Å²) < 4.78 is 106. The van der Waals surface area contributed by atoms with Crippen molar-refractivity contribution in [2.75, 3.05) is 19.8 Å². The van der Waals surface area contributed by atoms with Crippen LogP contribution in [0.5, 0.6) is 17.2 Å². The summed E-state index contributed by atoms with van der Waals surface area (Å²) in [5, 5.41) is 0. The molecule has 2 fully saturated rings. The molecule has 274 valence electrons. The number of halogens is 6. The van der Waals surface area contributed by atoms with Crippen LogP contribution in [0.1, 0.15) is 115 Å². The first-order chi connectivity index (χ1) is 24.2. The number of rotatable bonds is 16. The average molecular weight is 705 g/mol. The van der Waals surface area contributed by atoms with Gasteiger partial charge in [-0.1, -0.05) is 45.6 Å². The molecule has 50 heavy (non-hydrogen) atoms. The number of benzene rings is 3. The van der Waals surface area contributed by atoms with Crippen molar-refractivity contribution in [2.45, 2.75) is 110 Å². The van der Waals surface area contributed by atoms with Gasteiger partial charge in [-0.05, 0) is 124 Å². The maximum absolute atomic E-state index is 15.1. The van der Waals surface area contributed by atoms with Crippen molar-refractivity contribution >= 4 is 0 Å². The molecule has 2 saturated carbocycles. The fraction of sp³-hybridized carbons (Fsp3) is 0.561. The molecule has 0 bridgehead atoms. The van der Waals surface area contributed by atoms with Crippen LogP contribution in [0.3, 0.4) is 0 Å². The van der Waals surface area contributed by atoms with E-state index in [-0.39, 0.29) is 42.3 Å². The molecule has 0 aliphatic heterocycles. The topological polar surface area (TPSA) is 27.7 Å². The Morgan fingerprint density at radius 3 is 1.52 bits per heavy atom. The predicted octanol–water partition coefficient (Wildman–Crippen LogP) is 12.5. The van der Waals surface area contributed by atoms with Gasteiger partial charge in [0.25, 0.3) is 0 Å². The first-order valence-electron chi connectivity index (χ1n) is 18.6. The minimum Gasteiger partial charge on any atom is -0.490 e. The lowest BCUT2D eigenvalue weighted by molar-refractivity contribution is 0.129. The second-order valence-corrected chi connectivity index (χ2v) is 14.1. The smallest absolute Gasteiger partial charge is 0.201 e. The Bertz CT molecular complexity index is 1550. The largest absolute Gasteiger partial charge is 0.490 e. The fourth-order valence-electron chi connectivity index (χ4n) is 7.65. The summed E-state index contributed by atoms with van der Waals surface area (Å²) in [7, 11) is 0. The molecule has 3 aromatic carbocycles. The molecule has 0 amide bonds.